The predicted octanol–water partition coefficient (Wildman–Crippen LogP) is 4.22. The summed E-state index contributed by atoms with van der Waals surface area (Å²) < 4.78 is 16.8. The van der Waals surface area contributed by atoms with E-state index in [-0.39, 0.29) is 12.2 Å². The molecule has 0 radical (unpaired) electrons. The number of nitrogens with one attached hydrogen (secondary N) is 1. The van der Waals surface area contributed by atoms with Crippen LogP contribution in [0, 0.1) is 0 Å². The molecule has 1 aliphatic rings. The molecule has 0 atom stereocenters. The van der Waals surface area contributed by atoms with Gasteiger partial charge in [-0.1, -0.05) is 36.4 Å². The normalized spacial score (nSPS) is 14.4. The van der Waals surface area contributed by atoms with Gasteiger partial charge in [-0.15, -0.1) is 0 Å². The van der Waals surface area contributed by atoms with Crippen LogP contribution in [0.3, 0.4) is 0 Å². The minimum absolute atomic E-state index is 0.0920. The molecule has 0 saturated carbocycles. The van der Waals surface area contributed by atoms with E-state index in [1.807, 2.05) is 48.5 Å². The number of anilines is 1. The second-order valence-electron chi connectivity index (χ2n) is 6.44. The molecule has 3 aromatic carbocycles. The van der Waals surface area contributed by atoms with Gasteiger partial charge in [0.05, 0.1) is 13.2 Å². The average Bonchev–Trinajstić information content (AvgIpc) is 3.19. The van der Waals surface area contributed by atoms with Gasteiger partial charge < -0.3 is 19.5 Å². The lowest BCUT2D eigenvalue weighted by Crippen LogP contribution is -2.18. The molecule has 1 heterocycles. The number of hydrogen-bond acceptors (Lipinski definition) is 4. The third-order valence-corrected chi connectivity index (χ3v) is 4.41. The molecule has 1 fully saturated rings. The van der Waals surface area contributed by atoms with Crippen molar-refractivity contribution in [3.8, 4) is 16.9 Å². The summed E-state index contributed by atoms with van der Waals surface area (Å²) in [4.78, 5) is 11.4. The van der Waals surface area contributed by atoms with E-state index in [9.17, 15) is 4.79 Å². The van der Waals surface area contributed by atoms with Gasteiger partial charge in [-0.05, 0) is 46.2 Å². The van der Waals surface area contributed by atoms with E-state index < -0.39 is 0 Å². The van der Waals surface area contributed by atoms with E-state index in [1.165, 1.54) is 6.92 Å². The highest BCUT2D eigenvalue weighted by molar-refractivity contribution is 5.99. The number of fused-ring (bicyclic) bond motifs is 1. The molecule has 0 aromatic heterocycles. The summed E-state index contributed by atoms with van der Waals surface area (Å²) in [6.07, 6.45) is -0.317. The van der Waals surface area contributed by atoms with E-state index in [1.54, 1.807) is 0 Å². The first kappa shape index (κ1) is 17.5. The predicted molar refractivity (Wildman–Crippen MR) is 105 cm³/mol. The Labute approximate surface area is 157 Å². The Balaban J connectivity index is 1.70. The minimum atomic E-state index is -0.317. The molecule has 5 nitrogen and oxygen atoms in total. The number of ether oxygens (including phenoxy) is 3. The molecule has 3 aromatic rings. The number of rotatable bonds is 5. The van der Waals surface area contributed by atoms with Crippen molar-refractivity contribution >= 4 is 22.4 Å². The number of benzene rings is 3. The summed E-state index contributed by atoms with van der Waals surface area (Å²) >= 11 is 0. The van der Waals surface area contributed by atoms with Crippen LogP contribution in [0.15, 0.2) is 60.7 Å². The third kappa shape index (κ3) is 4.10. The maximum Gasteiger partial charge on any atom is 0.221 e. The highest BCUT2D eigenvalue weighted by Crippen LogP contribution is 2.34. The zero-order chi connectivity index (χ0) is 18.6. The van der Waals surface area contributed by atoms with Gasteiger partial charge in [0, 0.05) is 12.6 Å². The molecule has 1 aliphatic heterocycles. The summed E-state index contributed by atoms with van der Waals surface area (Å²) in [7, 11) is 0. The molecule has 27 heavy (non-hydrogen) atoms. The number of hydrogen-bond donors (Lipinski definition) is 1. The van der Waals surface area contributed by atoms with E-state index in [0.29, 0.717) is 19.8 Å². The van der Waals surface area contributed by atoms with Gasteiger partial charge in [-0.2, -0.15) is 0 Å². The van der Waals surface area contributed by atoms with Crippen LogP contribution in [0.2, 0.25) is 0 Å². The fraction of sp³-hybridized carbons (Fsp3) is 0.227. The van der Waals surface area contributed by atoms with Crippen LogP contribution in [0.1, 0.15) is 6.92 Å². The Morgan fingerprint density at radius 1 is 1.07 bits per heavy atom. The van der Waals surface area contributed by atoms with Gasteiger partial charge in [0.15, 0.2) is 6.29 Å². The second kappa shape index (κ2) is 7.78. The van der Waals surface area contributed by atoms with E-state index in [2.05, 4.69) is 17.4 Å². The van der Waals surface area contributed by atoms with Gasteiger partial charge in [0.2, 0.25) is 5.91 Å². The van der Waals surface area contributed by atoms with Crippen LogP contribution in [-0.2, 0) is 14.3 Å². The van der Waals surface area contributed by atoms with Crippen molar-refractivity contribution in [2.24, 2.45) is 0 Å². The van der Waals surface area contributed by atoms with Crippen molar-refractivity contribution in [1.82, 2.24) is 0 Å². The standard InChI is InChI=1S/C22H21NO4/c1-15(24)23-18-7-4-6-16(11-18)21-13-19(27-14-22-25-9-10-26-22)12-17-5-2-3-8-20(17)21/h2-8,11-13,22H,9-10,14H2,1H3,(H,23,24). The molecule has 138 valence electrons. The van der Waals surface area contributed by atoms with E-state index >= 15 is 0 Å². The Morgan fingerprint density at radius 3 is 2.70 bits per heavy atom. The fourth-order valence-corrected chi connectivity index (χ4v) is 3.24. The van der Waals surface area contributed by atoms with Crippen molar-refractivity contribution in [2.45, 2.75) is 13.2 Å². The Morgan fingerprint density at radius 2 is 1.89 bits per heavy atom. The molecule has 1 amide bonds. The Bertz CT molecular complexity index is 963. The molecule has 1 saturated heterocycles. The van der Waals surface area contributed by atoms with Crippen molar-refractivity contribution in [2.75, 3.05) is 25.1 Å². The van der Waals surface area contributed by atoms with Crippen LogP contribution in [0.25, 0.3) is 21.9 Å². The first-order chi connectivity index (χ1) is 13.2. The van der Waals surface area contributed by atoms with Gasteiger partial charge in [-0.3, -0.25) is 4.79 Å². The zero-order valence-corrected chi connectivity index (χ0v) is 15.1. The summed E-state index contributed by atoms with van der Waals surface area (Å²) in [5, 5.41) is 5.05. The first-order valence-corrected chi connectivity index (χ1v) is 8.96. The quantitative estimate of drug-likeness (QED) is 0.737. The monoisotopic (exact) mass is 363 g/mol. The van der Waals surface area contributed by atoms with Gasteiger partial charge >= 0.3 is 0 Å². The molecule has 0 unspecified atom stereocenters. The molecule has 4 rings (SSSR count). The number of amides is 1. The fourth-order valence-electron chi connectivity index (χ4n) is 3.24. The molecular weight excluding hydrogens is 342 g/mol. The largest absolute Gasteiger partial charge is 0.488 e. The third-order valence-electron chi connectivity index (χ3n) is 4.41. The second-order valence-corrected chi connectivity index (χ2v) is 6.44. The molecular formula is C22H21NO4. The molecule has 0 spiro atoms. The van der Waals surface area contributed by atoms with Crippen LogP contribution in [0.4, 0.5) is 5.69 Å². The highest BCUT2D eigenvalue weighted by atomic mass is 16.7. The van der Waals surface area contributed by atoms with Crippen LogP contribution in [0.5, 0.6) is 5.75 Å². The molecule has 5 heteroatoms. The number of carbonyl (C=O) groups is 1. The first-order valence-electron chi connectivity index (χ1n) is 8.96. The van der Waals surface area contributed by atoms with Crippen LogP contribution < -0.4 is 10.1 Å². The summed E-state index contributed by atoms with van der Waals surface area (Å²) in [5.41, 5.74) is 2.82. The molecule has 0 aliphatic carbocycles. The van der Waals surface area contributed by atoms with Crippen LogP contribution in [-0.4, -0.2) is 32.0 Å². The SMILES string of the molecule is CC(=O)Nc1cccc(-c2cc(OCC3OCCO3)cc3ccccc23)c1. The van der Waals surface area contributed by atoms with Crippen molar-refractivity contribution in [3.63, 3.8) is 0 Å². The summed E-state index contributed by atoms with van der Waals surface area (Å²) in [6.45, 7) is 3.06. The Hall–Kier alpha value is -2.89. The van der Waals surface area contributed by atoms with Crippen molar-refractivity contribution in [3.05, 3.63) is 60.7 Å². The van der Waals surface area contributed by atoms with Gasteiger partial charge in [0.1, 0.15) is 12.4 Å². The average molecular weight is 363 g/mol. The summed E-state index contributed by atoms with van der Waals surface area (Å²) in [6, 6.07) is 20.0. The zero-order valence-electron chi connectivity index (χ0n) is 15.1. The molecule has 0 bridgehead atoms. The maximum atomic E-state index is 11.4. The molecule has 1 N–H and O–H groups in total. The lowest BCUT2D eigenvalue weighted by atomic mass is 9.97. The lowest BCUT2D eigenvalue weighted by molar-refractivity contribution is -0.114. The minimum Gasteiger partial charge on any atom is -0.488 e. The highest BCUT2D eigenvalue weighted by Gasteiger charge is 2.17. The van der Waals surface area contributed by atoms with E-state index in [4.69, 9.17) is 14.2 Å². The smallest absolute Gasteiger partial charge is 0.221 e. The number of carbonyl (C=O) groups excluding carboxylic acids is 1. The van der Waals surface area contributed by atoms with Gasteiger partial charge in [-0.25, -0.2) is 0 Å². The van der Waals surface area contributed by atoms with Crippen molar-refractivity contribution < 1.29 is 19.0 Å². The topological polar surface area (TPSA) is 56.8 Å². The Kier molecular flexibility index (Phi) is 5.05. The summed E-state index contributed by atoms with van der Waals surface area (Å²) in [5.74, 6) is 0.665. The maximum absolute atomic E-state index is 11.4. The van der Waals surface area contributed by atoms with E-state index in [0.717, 1.165) is 33.3 Å². The van der Waals surface area contributed by atoms with Crippen LogP contribution >= 0.6 is 0 Å². The van der Waals surface area contributed by atoms with Gasteiger partial charge in [0.25, 0.3) is 0 Å². The van der Waals surface area contributed by atoms with Crippen molar-refractivity contribution in [1.29, 1.82) is 0 Å². The lowest BCUT2D eigenvalue weighted by Gasteiger charge is -2.15.